The molecule has 0 atom stereocenters. The highest BCUT2D eigenvalue weighted by molar-refractivity contribution is 7.99. The average Bonchev–Trinajstić information content (AvgIpc) is 2.06. The number of thioether (sulfide) groups is 1. The van der Waals surface area contributed by atoms with Crippen LogP contribution in [0.1, 0.15) is 19.8 Å². The second-order valence-corrected chi connectivity index (χ2v) is 3.98. The Morgan fingerprint density at radius 3 is 2.83 bits per heavy atom. The zero-order chi connectivity index (χ0) is 8.81. The van der Waals surface area contributed by atoms with Crippen molar-refractivity contribution in [3.8, 4) is 0 Å². The minimum atomic E-state index is -0.269. The summed E-state index contributed by atoms with van der Waals surface area (Å²) < 4.78 is 4.79. The first-order chi connectivity index (χ1) is 5.83. The van der Waals surface area contributed by atoms with Gasteiger partial charge in [0.1, 0.15) is 0 Å². The summed E-state index contributed by atoms with van der Waals surface area (Å²) >= 11 is 1.95. The van der Waals surface area contributed by atoms with Crippen molar-refractivity contribution in [1.82, 2.24) is 5.32 Å². The molecule has 4 heteroatoms. The highest BCUT2D eigenvalue weighted by atomic mass is 32.2. The second-order valence-electron chi connectivity index (χ2n) is 2.75. The molecule has 0 aliphatic carbocycles. The molecule has 12 heavy (non-hydrogen) atoms. The average molecular weight is 189 g/mol. The van der Waals surface area contributed by atoms with Crippen LogP contribution in [0.3, 0.4) is 0 Å². The Bertz CT molecular complexity index is 146. The zero-order valence-electron chi connectivity index (χ0n) is 7.34. The Labute approximate surface area is 77.2 Å². The van der Waals surface area contributed by atoms with Crippen molar-refractivity contribution in [2.24, 2.45) is 0 Å². The molecule has 0 aromatic heterocycles. The third-order valence-electron chi connectivity index (χ3n) is 1.82. The van der Waals surface area contributed by atoms with Gasteiger partial charge in [0.15, 0.2) is 0 Å². The van der Waals surface area contributed by atoms with Crippen LogP contribution in [-0.2, 0) is 4.74 Å². The number of alkyl carbamates (subject to hydrolysis) is 1. The summed E-state index contributed by atoms with van der Waals surface area (Å²) in [5, 5.41) is 2.85. The van der Waals surface area contributed by atoms with Gasteiger partial charge in [-0.2, -0.15) is 11.8 Å². The highest BCUT2D eigenvalue weighted by Gasteiger charge is 2.15. The highest BCUT2D eigenvalue weighted by Crippen LogP contribution is 2.16. The van der Waals surface area contributed by atoms with Crippen LogP contribution in [0.25, 0.3) is 0 Å². The van der Waals surface area contributed by atoms with Gasteiger partial charge in [0, 0.05) is 6.04 Å². The largest absolute Gasteiger partial charge is 0.450 e. The Morgan fingerprint density at radius 2 is 2.25 bits per heavy atom. The second kappa shape index (κ2) is 5.30. The molecule has 1 aliphatic heterocycles. The molecule has 0 spiro atoms. The van der Waals surface area contributed by atoms with E-state index >= 15 is 0 Å². The quantitative estimate of drug-likeness (QED) is 0.717. The molecular formula is C8H15NO2S. The molecule has 1 amide bonds. The fraction of sp³-hybridized carbons (Fsp3) is 0.875. The number of rotatable bonds is 2. The van der Waals surface area contributed by atoms with E-state index in [4.69, 9.17) is 4.74 Å². The smallest absolute Gasteiger partial charge is 0.407 e. The van der Waals surface area contributed by atoms with Crippen molar-refractivity contribution in [3.63, 3.8) is 0 Å². The summed E-state index contributed by atoms with van der Waals surface area (Å²) in [6, 6.07) is 0.338. The third-order valence-corrected chi connectivity index (χ3v) is 2.87. The molecule has 1 rings (SSSR count). The van der Waals surface area contributed by atoms with Gasteiger partial charge in [0.25, 0.3) is 0 Å². The van der Waals surface area contributed by atoms with Crippen molar-refractivity contribution in [2.45, 2.75) is 25.8 Å². The van der Waals surface area contributed by atoms with Crippen LogP contribution in [0, 0.1) is 0 Å². The van der Waals surface area contributed by atoms with E-state index in [9.17, 15) is 4.79 Å². The SMILES string of the molecule is CCOC(=O)NC1CCSCC1. The van der Waals surface area contributed by atoms with Gasteiger partial charge in [-0.3, -0.25) is 0 Å². The number of carbonyl (C=O) groups excluding carboxylic acids is 1. The van der Waals surface area contributed by atoms with Crippen LogP contribution in [0.5, 0.6) is 0 Å². The Balaban J connectivity index is 2.15. The fourth-order valence-electron chi connectivity index (χ4n) is 1.18. The molecule has 0 aromatic carbocycles. The number of nitrogens with one attached hydrogen (secondary N) is 1. The van der Waals surface area contributed by atoms with Crippen molar-refractivity contribution < 1.29 is 9.53 Å². The number of hydrogen-bond acceptors (Lipinski definition) is 3. The summed E-state index contributed by atoms with van der Waals surface area (Å²) in [5.41, 5.74) is 0. The first kappa shape index (κ1) is 9.71. The number of ether oxygens (including phenoxy) is 1. The molecule has 0 aromatic rings. The minimum absolute atomic E-state index is 0.269. The summed E-state index contributed by atoms with van der Waals surface area (Å²) in [7, 11) is 0. The van der Waals surface area contributed by atoms with Crippen molar-refractivity contribution in [2.75, 3.05) is 18.1 Å². The molecule has 1 N–H and O–H groups in total. The first-order valence-corrected chi connectivity index (χ1v) is 5.49. The van der Waals surface area contributed by atoms with E-state index in [1.807, 2.05) is 18.7 Å². The molecule has 3 nitrogen and oxygen atoms in total. The monoisotopic (exact) mass is 189 g/mol. The predicted molar refractivity (Wildman–Crippen MR) is 50.5 cm³/mol. The van der Waals surface area contributed by atoms with Gasteiger partial charge in [0.05, 0.1) is 6.61 Å². The van der Waals surface area contributed by atoms with Gasteiger partial charge in [-0.25, -0.2) is 4.79 Å². The number of amides is 1. The molecule has 0 radical (unpaired) electrons. The van der Waals surface area contributed by atoms with Crippen LogP contribution in [0.2, 0.25) is 0 Å². The molecule has 70 valence electrons. The molecule has 1 fully saturated rings. The van der Waals surface area contributed by atoms with E-state index in [1.165, 1.54) is 0 Å². The van der Waals surface area contributed by atoms with Crippen LogP contribution in [-0.4, -0.2) is 30.2 Å². The molecule has 0 unspecified atom stereocenters. The van der Waals surface area contributed by atoms with Gasteiger partial charge in [-0.05, 0) is 31.3 Å². The van der Waals surface area contributed by atoms with Crippen LogP contribution in [0.4, 0.5) is 4.79 Å². The van der Waals surface area contributed by atoms with Gasteiger partial charge in [-0.1, -0.05) is 0 Å². The summed E-state index contributed by atoms with van der Waals surface area (Å²) in [6.07, 6.45) is 1.88. The van der Waals surface area contributed by atoms with Crippen molar-refractivity contribution >= 4 is 17.9 Å². The van der Waals surface area contributed by atoms with Crippen LogP contribution in [0.15, 0.2) is 0 Å². The first-order valence-electron chi connectivity index (χ1n) is 4.34. The van der Waals surface area contributed by atoms with E-state index in [2.05, 4.69) is 5.32 Å². The number of hydrogen-bond donors (Lipinski definition) is 1. The lowest BCUT2D eigenvalue weighted by atomic mass is 10.2. The summed E-state index contributed by atoms with van der Waals surface area (Å²) in [4.78, 5) is 11.0. The maximum Gasteiger partial charge on any atom is 0.407 e. The lowest BCUT2D eigenvalue weighted by Crippen LogP contribution is -2.37. The topological polar surface area (TPSA) is 38.3 Å². The van der Waals surface area contributed by atoms with Crippen molar-refractivity contribution in [3.05, 3.63) is 0 Å². The molecule has 1 heterocycles. The molecule has 1 saturated heterocycles. The van der Waals surface area contributed by atoms with Crippen LogP contribution >= 0.6 is 11.8 Å². The van der Waals surface area contributed by atoms with E-state index in [0.29, 0.717) is 12.6 Å². The molecule has 1 aliphatic rings. The van der Waals surface area contributed by atoms with E-state index in [1.54, 1.807) is 0 Å². The predicted octanol–water partition coefficient (Wildman–Crippen LogP) is 1.63. The summed E-state index contributed by atoms with van der Waals surface area (Å²) in [6.45, 7) is 2.27. The van der Waals surface area contributed by atoms with Gasteiger partial charge < -0.3 is 10.1 Å². The Hall–Kier alpha value is -0.380. The fourth-order valence-corrected chi connectivity index (χ4v) is 2.29. The van der Waals surface area contributed by atoms with Crippen molar-refractivity contribution in [1.29, 1.82) is 0 Å². The Kier molecular flexibility index (Phi) is 4.29. The number of carbonyl (C=O) groups is 1. The summed E-state index contributed by atoms with van der Waals surface area (Å²) in [5.74, 6) is 2.30. The van der Waals surface area contributed by atoms with Crippen LogP contribution < -0.4 is 5.32 Å². The van der Waals surface area contributed by atoms with E-state index in [-0.39, 0.29) is 6.09 Å². The molecular weight excluding hydrogens is 174 g/mol. The third kappa shape index (κ3) is 3.34. The lowest BCUT2D eigenvalue weighted by molar-refractivity contribution is 0.147. The normalized spacial score (nSPS) is 18.8. The standard InChI is InChI=1S/C8H15NO2S/c1-2-11-8(10)9-7-3-5-12-6-4-7/h7H,2-6H2,1H3,(H,9,10). The maximum absolute atomic E-state index is 11.0. The Morgan fingerprint density at radius 1 is 1.58 bits per heavy atom. The van der Waals surface area contributed by atoms with E-state index < -0.39 is 0 Å². The molecule has 0 saturated carbocycles. The van der Waals surface area contributed by atoms with E-state index in [0.717, 1.165) is 24.3 Å². The maximum atomic E-state index is 11.0. The molecule has 0 bridgehead atoms. The van der Waals surface area contributed by atoms with Gasteiger partial charge >= 0.3 is 6.09 Å². The lowest BCUT2D eigenvalue weighted by Gasteiger charge is -2.21. The van der Waals surface area contributed by atoms with Gasteiger partial charge in [-0.15, -0.1) is 0 Å². The van der Waals surface area contributed by atoms with Gasteiger partial charge in [0.2, 0.25) is 0 Å². The zero-order valence-corrected chi connectivity index (χ0v) is 8.15. The minimum Gasteiger partial charge on any atom is -0.450 e.